The summed E-state index contributed by atoms with van der Waals surface area (Å²) in [6, 6.07) is 76.3. The summed E-state index contributed by atoms with van der Waals surface area (Å²) in [6.45, 7) is 0. The molecule has 62 heavy (non-hydrogen) atoms. The summed E-state index contributed by atoms with van der Waals surface area (Å²) in [4.78, 5) is 17.7. The van der Waals surface area contributed by atoms with Gasteiger partial charge in [-0.3, -0.25) is 0 Å². The SMILES string of the molecule is c1ccc(-c2ccc(N(c3ccccc3)c3ccc4c(c3)oc3cccc(-c5nc(-c6ccccc6)nc(-c6ccc7c(ccc8c9ccccc9ccc78)c6)n5)c34)cc2)cc1. The van der Waals surface area contributed by atoms with Crippen LogP contribution in [0.15, 0.2) is 223 Å². The normalized spacial score (nSPS) is 11.5. The molecule has 0 unspecified atom stereocenters. The quantitative estimate of drug-likeness (QED) is 0.150. The Kier molecular flexibility index (Phi) is 8.42. The Labute approximate surface area is 357 Å². The van der Waals surface area contributed by atoms with Gasteiger partial charge >= 0.3 is 0 Å². The van der Waals surface area contributed by atoms with Gasteiger partial charge in [-0.15, -0.1) is 0 Å². The van der Waals surface area contributed by atoms with E-state index < -0.39 is 0 Å². The molecule has 0 aliphatic rings. The molecule has 0 amide bonds. The van der Waals surface area contributed by atoms with E-state index in [4.69, 9.17) is 19.4 Å². The summed E-state index contributed by atoms with van der Waals surface area (Å²) in [5, 5.41) is 9.23. The minimum absolute atomic E-state index is 0.584. The fourth-order valence-corrected chi connectivity index (χ4v) is 8.91. The van der Waals surface area contributed by atoms with Crippen molar-refractivity contribution >= 4 is 71.3 Å². The number of hydrogen-bond donors (Lipinski definition) is 0. The summed E-state index contributed by atoms with van der Waals surface area (Å²) in [5.41, 5.74) is 9.71. The number of aromatic nitrogens is 3. The molecular formula is C57H36N4O. The first-order valence-corrected chi connectivity index (χ1v) is 20.8. The Bertz CT molecular complexity index is 3620. The topological polar surface area (TPSA) is 55.1 Å². The van der Waals surface area contributed by atoms with Crippen LogP contribution in [0.5, 0.6) is 0 Å². The number of benzene rings is 10. The molecular weight excluding hydrogens is 757 g/mol. The third-order valence-electron chi connectivity index (χ3n) is 11.9. The predicted octanol–water partition coefficient (Wildman–Crippen LogP) is 15.4. The summed E-state index contributed by atoms with van der Waals surface area (Å²) in [6.07, 6.45) is 0. The van der Waals surface area contributed by atoms with E-state index in [-0.39, 0.29) is 0 Å². The molecule has 0 aliphatic carbocycles. The van der Waals surface area contributed by atoms with Gasteiger partial charge in [0.2, 0.25) is 0 Å². The highest BCUT2D eigenvalue weighted by Gasteiger charge is 2.20. The largest absolute Gasteiger partial charge is 0.456 e. The highest BCUT2D eigenvalue weighted by atomic mass is 16.3. The van der Waals surface area contributed by atoms with Crippen LogP contribution in [0.3, 0.4) is 0 Å². The van der Waals surface area contributed by atoms with E-state index >= 15 is 0 Å². The number of hydrogen-bond acceptors (Lipinski definition) is 5. The Balaban J connectivity index is 0.983. The Morgan fingerprint density at radius 3 is 1.63 bits per heavy atom. The fourth-order valence-electron chi connectivity index (χ4n) is 8.91. The second-order valence-corrected chi connectivity index (χ2v) is 15.6. The number of fused-ring (bicyclic) bond motifs is 8. The lowest BCUT2D eigenvalue weighted by Crippen LogP contribution is -2.09. The molecule has 12 rings (SSSR count). The highest BCUT2D eigenvalue weighted by Crippen LogP contribution is 2.42. The van der Waals surface area contributed by atoms with Gasteiger partial charge in [0.25, 0.3) is 0 Å². The van der Waals surface area contributed by atoms with Gasteiger partial charge in [-0.05, 0) is 92.0 Å². The molecule has 0 spiro atoms. The van der Waals surface area contributed by atoms with Gasteiger partial charge in [-0.1, -0.05) is 164 Å². The second-order valence-electron chi connectivity index (χ2n) is 15.6. The van der Waals surface area contributed by atoms with Crippen LogP contribution in [0.4, 0.5) is 17.1 Å². The first-order valence-electron chi connectivity index (χ1n) is 20.8. The molecule has 10 aromatic carbocycles. The molecule has 5 nitrogen and oxygen atoms in total. The van der Waals surface area contributed by atoms with Gasteiger partial charge in [-0.2, -0.15) is 0 Å². The molecule has 0 aliphatic heterocycles. The zero-order valence-corrected chi connectivity index (χ0v) is 33.5. The zero-order chi connectivity index (χ0) is 41.0. The van der Waals surface area contributed by atoms with Crippen LogP contribution in [-0.2, 0) is 0 Å². The van der Waals surface area contributed by atoms with Crippen LogP contribution in [-0.4, -0.2) is 15.0 Å². The van der Waals surface area contributed by atoms with Crippen molar-refractivity contribution in [3.63, 3.8) is 0 Å². The van der Waals surface area contributed by atoms with E-state index in [1.807, 2.05) is 54.6 Å². The molecule has 12 aromatic rings. The molecule has 0 radical (unpaired) electrons. The number of rotatable bonds is 7. The number of nitrogens with zero attached hydrogens (tertiary/aromatic N) is 4. The van der Waals surface area contributed by atoms with Crippen molar-refractivity contribution < 1.29 is 4.42 Å². The lowest BCUT2D eigenvalue weighted by Gasteiger charge is -2.25. The van der Waals surface area contributed by atoms with Crippen molar-refractivity contribution in [1.29, 1.82) is 0 Å². The zero-order valence-electron chi connectivity index (χ0n) is 33.5. The highest BCUT2D eigenvalue weighted by molar-refractivity contribution is 6.17. The summed E-state index contributed by atoms with van der Waals surface area (Å²) in [7, 11) is 0. The van der Waals surface area contributed by atoms with Crippen LogP contribution >= 0.6 is 0 Å². The van der Waals surface area contributed by atoms with Crippen LogP contribution in [0.25, 0.3) is 99.5 Å². The summed E-state index contributed by atoms with van der Waals surface area (Å²) >= 11 is 0. The van der Waals surface area contributed by atoms with Crippen molar-refractivity contribution in [1.82, 2.24) is 15.0 Å². The third kappa shape index (κ3) is 6.14. The number of anilines is 3. The molecule has 290 valence electrons. The van der Waals surface area contributed by atoms with Crippen molar-refractivity contribution in [3.8, 4) is 45.3 Å². The van der Waals surface area contributed by atoms with Crippen molar-refractivity contribution in [3.05, 3.63) is 218 Å². The molecule has 2 heterocycles. The first-order chi connectivity index (χ1) is 30.7. The van der Waals surface area contributed by atoms with E-state index in [2.05, 4.69) is 169 Å². The molecule has 0 N–H and O–H groups in total. The lowest BCUT2D eigenvalue weighted by atomic mass is 9.96. The standard InChI is InChI=1S/C57H36N4O/c1-4-13-37(14-5-1)38-23-28-44(29-24-38)61(43-18-8-3-9-19-43)45-30-34-50-53(36-45)62-52-22-12-21-51(54(50)52)57-59-55(40-16-6-2-7-17-40)58-56(60-57)42-27-31-47-41(35-42)26-33-48-46-20-11-10-15-39(46)25-32-49(47)48/h1-36H. The van der Waals surface area contributed by atoms with Gasteiger partial charge in [0.15, 0.2) is 17.5 Å². The predicted molar refractivity (Wildman–Crippen MR) is 256 cm³/mol. The monoisotopic (exact) mass is 792 g/mol. The van der Waals surface area contributed by atoms with E-state index in [0.29, 0.717) is 17.5 Å². The first kappa shape index (κ1) is 35.5. The summed E-state index contributed by atoms with van der Waals surface area (Å²) < 4.78 is 6.70. The molecule has 0 atom stereocenters. The van der Waals surface area contributed by atoms with Gasteiger partial charge in [0, 0.05) is 50.6 Å². The number of para-hydroxylation sites is 1. The molecule has 0 fully saturated rings. The number of furan rings is 1. The molecule has 2 aromatic heterocycles. The van der Waals surface area contributed by atoms with Crippen LogP contribution in [0, 0.1) is 0 Å². The van der Waals surface area contributed by atoms with E-state index in [0.717, 1.165) is 61.1 Å². The maximum absolute atomic E-state index is 6.70. The smallest absolute Gasteiger partial charge is 0.164 e. The minimum Gasteiger partial charge on any atom is -0.456 e. The van der Waals surface area contributed by atoms with Crippen molar-refractivity contribution in [2.45, 2.75) is 0 Å². The van der Waals surface area contributed by atoms with E-state index in [1.165, 1.54) is 38.1 Å². The van der Waals surface area contributed by atoms with Crippen LogP contribution in [0.1, 0.15) is 0 Å². The Hall–Kier alpha value is -8.41. The van der Waals surface area contributed by atoms with Gasteiger partial charge in [-0.25, -0.2) is 15.0 Å². The Morgan fingerprint density at radius 2 is 0.855 bits per heavy atom. The van der Waals surface area contributed by atoms with Crippen LogP contribution in [0.2, 0.25) is 0 Å². The van der Waals surface area contributed by atoms with Crippen LogP contribution < -0.4 is 4.90 Å². The van der Waals surface area contributed by atoms with Gasteiger partial charge in [0.05, 0.1) is 0 Å². The summed E-state index contributed by atoms with van der Waals surface area (Å²) in [5.74, 6) is 1.80. The van der Waals surface area contributed by atoms with Gasteiger partial charge < -0.3 is 9.32 Å². The van der Waals surface area contributed by atoms with Gasteiger partial charge in [0.1, 0.15) is 11.2 Å². The van der Waals surface area contributed by atoms with Crippen molar-refractivity contribution in [2.24, 2.45) is 0 Å². The average Bonchev–Trinajstić information content (AvgIpc) is 3.73. The van der Waals surface area contributed by atoms with Crippen molar-refractivity contribution in [2.75, 3.05) is 4.90 Å². The van der Waals surface area contributed by atoms with E-state index in [9.17, 15) is 0 Å². The molecule has 5 heteroatoms. The molecule has 0 saturated heterocycles. The average molecular weight is 793 g/mol. The maximum Gasteiger partial charge on any atom is 0.164 e. The van der Waals surface area contributed by atoms with E-state index in [1.54, 1.807) is 0 Å². The minimum atomic E-state index is 0.584. The second kappa shape index (κ2) is 14.7. The fraction of sp³-hybridized carbons (Fsp3) is 0. The lowest BCUT2D eigenvalue weighted by molar-refractivity contribution is 0.669. The molecule has 0 bridgehead atoms. The Morgan fingerprint density at radius 1 is 0.306 bits per heavy atom. The molecule has 0 saturated carbocycles. The maximum atomic E-state index is 6.70. The third-order valence-corrected chi connectivity index (χ3v) is 11.9.